The highest BCUT2D eigenvalue weighted by Crippen LogP contribution is 2.10. The van der Waals surface area contributed by atoms with E-state index in [0.717, 1.165) is 5.75 Å². The molecular weight excluding hydrogens is 250 g/mol. The number of carbonyl (C=O) groups is 2. The fraction of sp³-hybridized carbons (Fsp3) is 0.385. The monoisotopic (exact) mass is 267 g/mol. The Labute approximate surface area is 111 Å². The fourth-order valence-corrected chi connectivity index (χ4v) is 2.11. The molecule has 5 heteroatoms. The maximum atomic E-state index is 11.4. The van der Waals surface area contributed by atoms with Crippen LogP contribution in [0.1, 0.15) is 12.0 Å². The van der Waals surface area contributed by atoms with Gasteiger partial charge in [-0.3, -0.25) is 9.59 Å². The lowest BCUT2D eigenvalue weighted by Gasteiger charge is -2.04. The number of amides is 1. The number of hydrogen-bond acceptors (Lipinski definition) is 4. The molecule has 0 aromatic heterocycles. The van der Waals surface area contributed by atoms with Gasteiger partial charge in [-0.25, -0.2) is 0 Å². The molecule has 0 fully saturated rings. The molecule has 0 aliphatic carbocycles. The molecule has 0 saturated heterocycles. The molecule has 0 bridgehead atoms. The quantitative estimate of drug-likeness (QED) is 0.762. The van der Waals surface area contributed by atoms with Gasteiger partial charge < -0.3 is 10.1 Å². The normalized spacial score (nSPS) is 9.83. The fourth-order valence-electron chi connectivity index (χ4n) is 1.29. The number of ether oxygens (including phenoxy) is 1. The zero-order valence-corrected chi connectivity index (χ0v) is 11.2. The van der Waals surface area contributed by atoms with E-state index in [1.54, 1.807) is 11.8 Å². The summed E-state index contributed by atoms with van der Waals surface area (Å²) in [5.74, 6) is 0.841. The Kier molecular flexibility index (Phi) is 6.94. The second-order valence-electron chi connectivity index (χ2n) is 3.65. The third-order valence-corrected chi connectivity index (χ3v) is 3.23. The summed E-state index contributed by atoms with van der Waals surface area (Å²) in [6.45, 7) is 0.331. The van der Waals surface area contributed by atoms with Crippen molar-refractivity contribution in [3.63, 3.8) is 0 Å². The van der Waals surface area contributed by atoms with Crippen molar-refractivity contribution in [1.29, 1.82) is 0 Å². The molecule has 0 unspecified atom stereocenters. The summed E-state index contributed by atoms with van der Waals surface area (Å²) >= 11 is 1.55. The Morgan fingerprint density at radius 1 is 1.28 bits per heavy atom. The molecule has 4 nitrogen and oxygen atoms in total. The van der Waals surface area contributed by atoms with E-state index in [9.17, 15) is 9.59 Å². The maximum absolute atomic E-state index is 11.4. The van der Waals surface area contributed by atoms with Crippen molar-refractivity contribution in [3.05, 3.63) is 35.9 Å². The van der Waals surface area contributed by atoms with Crippen LogP contribution >= 0.6 is 11.8 Å². The SMILES string of the molecule is COC(=O)CCNC(=O)CSCc1ccccc1. The van der Waals surface area contributed by atoms with Crippen LogP contribution in [0.25, 0.3) is 0 Å². The molecule has 98 valence electrons. The molecule has 1 aromatic rings. The first-order valence-electron chi connectivity index (χ1n) is 5.67. The van der Waals surface area contributed by atoms with Crippen LogP contribution in [0.3, 0.4) is 0 Å². The Hall–Kier alpha value is -1.49. The number of nitrogens with one attached hydrogen (secondary N) is 1. The number of benzene rings is 1. The van der Waals surface area contributed by atoms with Gasteiger partial charge >= 0.3 is 5.97 Å². The average Bonchev–Trinajstić information content (AvgIpc) is 2.39. The van der Waals surface area contributed by atoms with Gasteiger partial charge in [-0.1, -0.05) is 30.3 Å². The van der Waals surface area contributed by atoms with Gasteiger partial charge in [0.2, 0.25) is 5.91 Å². The first-order chi connectivity index (χ1) is 8.72. The lowest BCUT2D eigenvalue weighted by molar-refractivity contribution is -0.140. The minimum atomic E-state index is -0.313. The van der Waals surface area contributed by atoms with E-state index in [4.69, 9.17) is 0 Å². The van der Waals surface area contributed by atoms with Crippen LogP contribution < -0.4 is 5.32 Å². The van der Waals surface area contributed by atoms with E-state index < -0.39 is 0 Å². The van der Waals surface area contributed by atoms with Crippen molar-refractivity contribution < 1.29 is 14.3 Å². The Morgan fingerprint density at radius 3 is 2.67 bits per heavy atom. The van der Waals surface area contributed by atoms with Gasteiger partial charge in [0.15, 0.2) is 0 Å². The van der Waals surface area contributed by atoms with Crippen molar-refractivity contribution >= 4 is 23.6 Å². The molecule has 0 heterocycles. The summed E-state index contributed by atoms with van der Waals surface area (Å²) in [5.41, 5.74) is 1.20. The largest absolute Gasteiger partial charge is 0.469 e. The van der Waals surface area contributed by atoms with Crippen molar-refractivity contribution in [2.24, 2.45) is 0 Å². The summed E-state index contributed by atoms with van der Waals surface area (Å²) in [7, 11) is 1.33. The predicted molar refractivity (Wildman–Crippen MR) is 72.2 cm³/mol. The lowest BCUT2D eigenvalue weighted by atomic mass is 10.2. The van der Waals surface area contributed by atoms with E-state index in [2.05, 4.69) is 10.1 Å². The summed E-state index contributed by atoms with van der Waals surface area (Å²) in [6, 6.07) is 9.98. The van der Waals surface area contributed by atoms with Crippen LogP contribution in [0, 0.1) is 0 Å². The third kappa shape index (κ3) is 6.30. The molecule has 0 spiro atoms. The van der Waals surface area contributed by atoms with E-state index in [-0.39, 0.29) is 18.3 Å². The number of carbonyl (C=O) groups excluding carboxylic acids is 2. The number of methoxy groups -OCH3 is 1. The smallest absolute Gasteiger partial charge is 0.307 e. The van der Waals surface area contributed by atoms with E-state index in [1.807, 2.05) is 30.3 Å². The highest BCUT2D eigenvalue weighted by molar-refractivity contribution is 7.99. The van der Waals surface area contributed by atoms with Crippen LogP contribution in [-0.2, 0) is 20.1 Å². The molecule has 0 atom stereocenters. The van der Waals surface area contributed by atoms with Gasteiger partial charge in [0.1, 0.15) is 0 Å². The lowest BCUT2D eigenvalue weighted by Crippen LogP contribution is -2.27. The van der Waals surface area contributed by atoms with Gasteiger partial charge in [-0.05, 0) is 5.56 Å². The molecule has 18 heavy (non-hydrogen) atoms. The predicted octanol–water partition coefficient (Wildman–Crippen LogP) is 1.60. The zero-order valence-electron chi connectivity index (χ0n) is 10.3. The molecule has 1 rings (SSSR count). The van der Waals surface area contributed by atoms with Crippen LogP contribution in [0.15, 0.2) is 30.3 Å². The van der Waals surface area contributed by atoms with Crippen molar-refractivity contribution in [1.82, 2.24) is 5.32 Å². The summed E-state index contributed by atoms with van der Waals surface area (Å²) in [4.78, 5) is 22.2. The first-order valence-corrected chi connectivity index (χ1v) is 6.83. The standard InChI is InChI=1S/C13H17NO3S/c1-17-13(16)7-8-14-12(15)10-18-9-11-5-3-2-4-6-11/h2-6H,7-10H2,1H3,(H,14,15). The number of esters is 1. The highest BCUT2D eigenvalue weighted by Gasteiger charge is 2.04. The summed E-state index contributed by atoms with van der Waals surface area (Å²) < 4.78 is 4.48. The van der Waals surface area contributed by atoms with Crippen molar-refractivity contribution in [2.45, 2.75) is 12.2 Å². The zero-order chi connectivity index (χ0) is 13.2. The molecule has 1 amide bonds. The van der Waals surface area contributed by atoms with Crippen molar-refractivity contribution in [2.75, 3.05) is 19.4 Å². The van der Waals surface area contributed by atoms with Crippen LogP contribution in [-0.4, -0.2) is 31.3 Å². The molecular formula is C13H17NO3S. The average molecular weight is 267 g/mol. The second kappa shape index (κ2) is 8.58. The Bertz CT molecular complexity index is 381. The van der Waals surface area contributed by atoms with Crippen LogP contribution in [0.2, 0.25) is 0 Å². The van der Waals surface area contributed by atoms with Gasteiger partial charge in [-0.2, -0.15) is 0 Å². The first kappa shape index (κ1) is 14.6. The highest BCUT2D eigenvalue weighted by atomic mass is 32.2. The van der Waals surface area contributed by atoms with Gasteiger partial charge in [0, 0.05) is 12.3 Å². The van der Waals surface area contributed by atoms with Gasteiger partial charge in [0.25, 0.3) is 0 Å². The van der Waals surface area contributed by atoms with Gasteiger partial charge in [0.05, 0.1) is 19.3 Å². The molecule has 0 radical (unpaired) electrons. The van der Waals surface area contributed by atoms with Crippen LogP contribution in [0.4, 0.5) is 0 Å². The number of thioether (sulfide) groups is 1. The minimum absolute atomic E-state index is 0.0557. The number of rotatable bonds is 7. The molecule has 0 saturated carbocycles. The van der Waals surface area contributed by atoms with E-state index in [0.29, 0.717) is 12.3 Å². The van der Waals surface area contributed by atoms with Gasteiger partial charge in [-0.15, -0.1) is 11.8 Å². The summed E-state index contributed by atoms with van der Waals surface area (Å²) in [6.07, 6.45) is 0.214. The summed E-state index contributed by atoms with van der Waals surface area (Å²) in [5, 5.41) is 2.67. The topological polar surface area (TPSA) is 55.4 Å². The minimum Gasteiger partial charge on any atom is -0.469 e. The van der Waals surface area contributed by atoms with Crippen LogP contribution in [0.5, 0.6) is 0 Å². The Morgan fingerprint density at radius 2 is 2.00 bits per heavy atom. The Balaban J connectivity index is 2.09. The maximum Gasteiger partial charge on any atom is 0.307 e. The molecule has 0 aliphatic heterocycles. The molecule has 0 aliphatic rings. The van der Waals surface area contributed by atoms with Crippen molar-refractivity contribution in [3.8, 4) is 0 Å². The third-order valence-electron chi connectivity index (χ3n) is 2.22. The van der Waals surface area contributed by atoms with E-state index >= 15 is 0 Å². The molecule has 1 N–H and O–H groups in total. The molecule has 1 aromatic carbocycles. The number of hydrogen-bond donors (Lipinski definition) is 1. The van der Waals surface area contributed by atoms with E-state index in [1.165, 1.54) is 12.7 Å². The second-order valence-corrected chi connectivity index (χ2v) is 4.64.